The van der Waals surface area contributed by atoms with Crippen LogP contribution in [0.3, 0.4) is 0 Å². The summed E-state index contributed by atoms with van der Waals surface area (Å²) in [5.74, 6) is 0.145. The Morgan fingerprint density at radius 1 is 0.593 bits per heavy atom. The van der Waals surface area contributed by atoms with Gasteiger partial charge in [-0.1, -0.05) is 103 Å². The van der Waals surface area contributed by atoms with Crippen molar-refractivity contribution >= 4 is 10.1 Å². The van der Waals surface area contributed by atoms with Gasteiger partial charge in [0.2, 0.25) is 0 Å². The second kappa shape index (κ2) is 20.6. The third-order valence-corrected chi connectivity index (χ3v) is 6.35. The summed E-state index contributed by atoms with van der Waals surface area (Å²) < 4.78 is 40.7. The Hall–Kier alpha value is -0.160. The zero-order valence-electron chi connectivity index (χ0n) is 17.9. The zero-order valence-corrected chi connectivity index (χ0v) is 18.7. The van der Waals surface area contributed by atoms with Gasteiger partial charge in [0.15, 0.2) is 0 Å². The van der Waals surface area contributed by atoms with E-state index in [0.717, 1.165) is 51.4 Å². The van der Waals surface area contributed by atoms with Crippen LogP contribution in [0.1, 0.15) is 122 Å². The maximum atomic E-state index is 11.9. The minimum Gasteiger partial charge on any atom is -0.270 e. The summed E-state index contributed by atoms with van der Waals surface area (Å²) in [4.78, 5) is 0. The van der Waals surface area contributed by atoms with Crippen molar-refractivity contribution < 1.29 is 17.0 Å². The van der Waals surface area contributed by atoms with Crippen LogP contribution in [0.15, 0.2) is 0 Å². The lowest BCUT2D eigenvalue weighted by Gasteiger charge is -2.06. The third kappa shape index (κ3) is 22.0. The van der Waals surface area contributed by atoms with Gasteiger partial charge in [-0.15, -0.1) is 0 Å². The van der Waals surface area contributed by atoms with E-state index in [4.69, 9.17) is 4.18 Å². The van der Waals surface area contributed by atoms with Gasteiger partial charge in [-0.2, -0.15) is 8.42 Å². The maximum absolute atomic E-state index is 11.9. The molecule has 0 aromatic carbocycles. The predicted octanol–water partition coefficient (Wildman–Crippen LogP) is 7.34. The molecule has 0 aliphatic rings. The summed E-state index contributed by atoms with van der Waals surface area (Å²) in [6.07, 6.45) is 20.0. The summed E-state index contributed by atoms with van der Waals surface area (Å²) in [6.45, 7) is 2.37. The molecular formula is C22H45FO3S. The molecule has 0 bridgehead atoms. The number of unbranched alkanes of at least 4 members (excludes halogenated alkanes) is 16. The molecule has 0 aliphatic carbocycles. The van der Waals surface area contributed by atoms with Gasteiger partial charge in [0.05, 0.1) is 19.0 Å². The largest absolute Gasteiger partial charge is 0.270 e. The number of hydrogen-bond donors (Lipinski definition) is 0. The monoisotopic (exact) mass is 408 g/mol. The highest BCUT2D eigenvalue weighted by molar-refractivity contribution is 7.86. The fourth-order valence-corrected chi connectivity index (χ4v) is 4.32. The second-order valence-corrected chi connectivity index (χ2v) is 9.54. The number of alkyl halides is 1. The molecule has 0 atom stereocenters. The van der Waals surface area contributed by atoms with Crippen LogP contribution in [0.5, 0.6) is 0 Å². The van der Waals surface area contributed by atoms with E-state index < -0.39 is 10.1 Å². The molecular weight excluding hydrogens is 363 g/mol. The van der Waals surface area contributed by atoms with Crippen molar-refractivity contribution in [2.45, 2.75) is 122 Å². The SMILES string of the molecule is CCCCCCCCCCCCOS(=O)(=O)CCCCCCCCCCF. The highest BCUT2D eigenvalue weighted by atomic mass is 32.2. The Morgan fingerprint density at radius 2 is 1.00 bits per heavy atom. The lowest BCUT2D eigenvalue weighted by atomic mass is 10.1. The first kappa shape index (κ1) is 26.8. The molecule has 5 heteroatoms. The van der Waals surface area contributed by atoms with Crippen molar-refractivity contribution in [1.29, 1.82) is 0 Å². The van der Waals surface area contributed by atoms with Gasteiger partial charge in [0, 0.05) is 0 Å². The molecule has 27 heavy (non-hydrogen) atoms. The van der Waals surface area contributed by atoms with E-state index in [2.05, 4.69) is 6.92 Å². The smallest absolute Gasteiger partial charge is 0.267 e. The summed E-state index contributed by atoms with van der Waals surface area (Å²) in [5.41, 5.74) is 0. The maximum Gasteiger partial charge on any atom is 0.267 e. The van der Waals surface area contributed by atoms with E-state index in [1.165, 1.54) is 51.4 Å². The van der Waals surface area contributed by atoms with E-state index in [0.29, 0.717) is 19.4 Å². The number of halogens is 1. The van der Waals surface area contributed by atoms with Crippen molar-refractivity contribution in [2.24, 2.45) is 0 Å². The van der Waals surface area contributed by atoms with Gasteiger partial charge < -0.3 is 0 Å². The van der Waals surface area contributed by atoms with Gasteiger partial charge in [-0.05, 0) is 19.3 Å². The first-order valence-electron chi connectivity index (χ1n) is 11.6. The van der Waals surface area contributed by atoms with E-state index in [1.54, 1.807) is 0 Å². The van der Waals surface area contributed by atoms with Crippen LogP contribution < -0.4 is 0 Å². The normalized spacial score (nSPS) is 11.9. The molecule has 0 heterocycles. The van der Waals surface area contributed by atoms with E-state index in [1.807, 2.05) is 0 Å². The number of hydrogen-bond acceptors (Lipinski definition) is 3. The molecule has 0 aromatic heterocycles. The molecule has 0 spiro atoms. The molecule has 0 aromatic rings. The Labute approximate surface area is 169 Å². The molecule has 0 saturated heterocycles. The van der Waals surface area contributed by atoms with Gasteiger partial charge >= 0.3 is 0 Å². The highest BCUT2D eigenvalue weighted by Crippen LogP contribution is 2.12. The summed E-state index contributed by atoms with van der Waals surface area (Å²) >= 11 is 0. The molecule has 0 radical (unpaired) electrons. The molecule has 0 fully saturated rings. The minimum absolute atomic E-state index is 0.145. The van der Waals surface area contributed by atoms with Crippen molar-refractivity contribution in [3.63, 3.8) is 0 Å². The van der Waals surface area contributed by atoms with Crippen LogP contribution in [0.2, 0.25) is 0 Å². The van der Waals surface area contributed by atoms with Crippen LogP contribution >= 0.6 is 0 Å². The topological polar surface area (TPSA) is 43.4 Å². The molecule has 0 unspecified atom stereocenters. The third-order valence-electron chi connectivity index (χ3n) is 5.04. The van der Waals surface area contributed by atoms with Gasteiger partial charge in [0.1, 0.15) is 0 Å². The molecule has 3 nitrogen and oxygen atoms in total. The van der Waals surface area contributed by atoms with Crippen molar-refractivity contribution in [1.82, 2.24) is 0 Å². The van der Waals surface area contributed by atoms with Crippen LogP contribution in [0.4, 0.5) is 4.39 Å². The molecule has 164 valence electrons. The Kier molecular flexibility index (Phi) is 20.4. The minimum atomic E-state index is -3.34. The van der Waals surface area contributed by atoms with Crippen molar-refractivity contribution in [2.75, 3.05) is 19.0 Å². The average molecular weight is 409 g/mol. The van der Waals surface area contributed by atoms with Crippen LogP contribution in [0.25, 0.3) is 0 Å². The fourth-order valence-electron chi connectivity index (χ4n) is 3.27. The first-order chi connectivity index (χ1) is 13.1. The Bertz CT molecular complexity index is 385. The Balaban J connectivity index is 3.33. The Morgan fingerprint density at radius 3 is 1.48 bits per heavy atom. The quantitative estimate of drug-likeness (QED) is 0.139. The second-order valence-electron chi connectivity index (χ2n) is 7.78. The van der Waals surface area contributed by atoms with E-state index in [-0.39, 0.29) is 12.4 Å². The van der Waals surface area contributed by atoms with Crippen molar-refractivity contribution in [3.05, 3.63) is 0 Å². The van der Waals surface area contributed by atoms with Crippen LogP contribution in [-0.4, -0.2) is 27.5 Å². The van der Waals surface area contributed by atoms with Gasteiger partial charge in [-0.25, -0.2) is 0 Å². The van der Waals surface area contributed by atoms with Gasteiger partial charge in [-0.3, -0.25) is 8.57 Å². The summed E-state index contributed by atoms with van der Waals surface area (Å²) in [7, 11) is -3.34. The van der Waals surface area contributed by atoms with Crippen LogP contribution in [-0.2, 0) is 14.3 Å². The molecule has 0 amide bonds. The fraction of sp³-hybridized carbons (Fsp3) is 1.00. The number of rotatable bonds is 22. The summed E-state index contributed by atoms with van der Waals surface area (Å²) in [5, 5.41) is 0. The summed E-state index contributed by atoms with van der Waals surface area (Å²) in [6, 6.07) is 0. The zero-order chi connectivity index (χ0) is 20.1. The lowest BCUT2D eigenvalue weighted by molar-refractivity contribution is 0.305. The van der Waals surface area contributed by atoms with Gasteiger partial charge in [0.25, 0.3) is 10.1 Å². The molecule has 0 N–H and O–H groups in total. The predicted molar refractivity (Wildman–Crippen MR) is 114 cm³/mol. The average Bonchev–Trinajstić information content (AvgIpc) is 2.64. The van der Waals surface area contributed by atoms with E-state index >= 15 is 0 Å². The lowest BCUT2D eigenvalue weighted by Crippen LogP contribution is -2.11. The van der Waals surface area contributed by atoms with Crippen molar-refractivity contribution in [3.8, 4) is 0 Å². The van der Waals surface area contributed by atoms with Crippen LogP contribution in [0, 0.1) is 0 Å². The first-order valence-corrected chi connectivity index (χ1v) is 13.1. The standard InChI is InChI=1S/C22H45FO3S/c1-2-3-4-5-6-7-9-12-15-18-21-26-27(24,25)22-19-16-13-10-8-11-14-17-20-23/h2-22H2,1H3. The molecule has 0 saturated carbocycles. The van der Waals surface area contributed by atoms with E-state index in [9.17, 15) is 12.8 Å². The molecule has 0 aliphatic heterocycles. The molecule has 0 rings (SSSR count). The highest BCUT2D eigenvalue weighted by Gasteiger charge is 2.10.